The maximum atomic E-state index is 16.0. The molecule has 5 rings (SSSR count). The number of nitrogens with two attached hydrogens (primary N) is 1. The van der Waals surface area contributed by atoms with Gasteiger partial charge in [-0.15, -0.1) is 11.3 Å². The summed E-state index contributed by atoms with van der Waals surface area (Å²) in [6, 6.07) is 4.31. The van der Waals surface area contributed by atoms with Crippen LogP contribution >= 0.6 is 11.3 Å². The number of halogens is 5. The largest absolute Gasteiger partial charge is 0.467 e. The van der Waals surface area contributed by atoms with E-state index in [0.717, 1.165) is 24.6 Å². The molecule has 2 aromatic carbocycles. The quantitative estimate of drug-likeness (QED) is 0.382. The van der Waals surface area contributed by atoms with Gasteiger partial charge in [0.2, 0.25) is 0 Å². The number of nitrogen functional groups attached to an aromatic ring is 1. The van der Waals surface area contributed by atoms with Gasteiger partial charge in [0, 0.05) is 29.4 Å². The van der Waals surface area contributed by atoms with Crippen molar-refractivity contribution in [1.82, 2.24) is 9.97 Å². The maximum Gasteiger partial charge on any atom is 0.417 e. The number of thiophene rings is 1. The minimum absolute atomic E-state index is 0.0809. The molecule has 2 N–H and O–H groups in total. The molecule has 0 unspecified atom stereocenters. The minimum Gasteiger partial charge on any atom is -0.467 e. The molecule has 0 saturated carbocycles. The van der Waals surface area contributed by atoms with Crippen LogP contribution in [0.3, 0.4) is 0 Å². The second-order valence-corrected chi connectivity index (χ2v) is 8.69. The summed E-state index contributed by atoms with van der Waals surface area (Å²) in [5.74, 6) is -1.93. The van der Waals surface area contributed by atoms with Crippen molar-refractivity contribution in [2.24, 2.45) is 0 Å². The van der Waals surface area contributed by atoms with Crippen LogP contribution in [0.25, 0.3) is 32.1 Å². The van der Waals surface area contributed by atoms with Crippen LogP contribution in [0.2, 0.25) is 0 Å². The average molecular weight is 491 g/mol. The second-order valence-electron chi connectivity index (χ2n) is 7.63. The number of aromatic nitrogens is 2. The molecule has 1 saturated heterocycles. The van der Waals surface area contributed by atoms with Crippen molar-refractivity contribution >= 4 is 43.1 Å². The van der Waals surface area contributed by atoms with E-state index in [-0.39, 0.29) is 48.9 Å². The highest BCUT2D eigenvalue weighted by Gasteiger charge is 2.38. The van der Waals surface area contributed by atoms with Gasteiger partial charge in [0.15, 0.2) is 5.82 Å². The predicted molar refractivity (Wildman–Crippen MR) is 118 cm³/mol. The number of benzene rings is 2. The molecule has 1 fully saturated rings. The highest BCUT2D eigenvalue weighted by atomic mass is 32.1. The Hall–Kier alpha value is -3.72. The van der Waals surface area contributed by atoms with Crippen LogP contribution in [-0.2, 0) is 6.18 Å². The summed E-state index contributed by atoms with van der Waals surface area (Å²) in [7, 11) is 1.26. The van der Waals surface area contributed by atoms with Crippen LogP contribution in [0, 0.1) is 23.0 Å². The molecular weight excluding hydrogens is 477 g/mol. The number of hydrogen-bond acceptors (Lipinski definition) is 7. The fraction of sp³-hybridized carbons (Fsp3) is 0.227. The molecule has 2 aromatic heterocycles. The zero-order valence-corrected chi connectivity index (χ0v) is 18.2. The standard InChI is InChI=1S/C22H14F5N5OS/c1-33-21-30-17-10(20(31-21)32-5-2-6-32)7-12(22(25,26)27)15(16(17)24)9-3-4-13(23)18-14(9)11(8-28)19(29)34-18/h3-4,7H,2,5-6,29H2,1H3. The van der Waals surface area contributed by atoms with Crippen LogP contribution in [0.5, 0.6) is 6.01 Å². The monoisotopic (exact) mass is 491 g/mol. The molecule has 6 nitrogen and oxygen atoms in total. The molecule has 34 heavy (non-hydrogen) atoms. The average Bonchev–Trinajstić information content (AvgIpc) is 3.09. The van der Waals surface area contributed by atoms with E-state index >= 15 is 4.39 Å². The zero-order chi connectivity index (χ0) is 24.4. The van der Waals surface area contributed by atoms with Gasteiger partial charge in [-0.2, -0.15) is 28.4 Å². The molecule has 3 heterocycles. The third kappa shape index (κ3) is 3.19. The summed E-state index contributed by atoms with van der Waals surface area (Å²) in [5.41, 5.74) is 2.76. The first-order valence-electron chi connectivity index (χ1n) is 9.97. The Morgan fingerprint density at radius 3 is 2.53 bits per heavy atom. The molecule has 0 amide bonds. The number of hydrogen-bond donors (Lipinski definition) is 1. The van der Waals surface area contributed by atoms with E-state index in [4.69, 9.17) is 10.5 Å². The third-order valence-electron chi connectivity index (χ3n) is 5.73. The SMILES string of the molecule is COc1nc(N2CCC2)c2cc(C(F)(F)F)c(-c3ccc(F)c4sc(N)c(C#N)c34)c(F)c2n1. The number of nitrogens with zero attached hydrogens (tertiary/aromatic N) is 4. The molecule has 0 spiro atoms. The van der Waals surface area contributed by atoms with Gasteiger partial charge in [-0.25, -0.2) is 8.78 Å². The summed E-state index contributed by atoms with van der Waals surface area (Å²) < 4.78 is 78.3. The predicted octanol–water partition coefficient (Wildman–Crippen LogP) is 5.48. The van der Waals surface area contributed by atoms with Gasteiger partial charge >= 0.3 is 12.2 Å². The second kappa shape index (κ2) is 7.66. The highest BCUT2D eigenvalue weighted by molar-refractivity contribution is 7.23. The van der Waals surface area contributed by atoms with Crippen molar-refractivity contribution in [3.63, 3.8) is 0 Å². The molecule has 0 atom stereocenters. The smallest absolute Gasteiger partial charge is 0.417 e. The molecule has 174 valence electrons. The van der Waals surface area contributed by atoms with Crippen molar-refractivity contribution in [2.45, 2.75) is 12.6 Å². The van der Waals surface area contributed by atoms with Crippen molar-refractivity contribution in [3.8, 4) is 23.2 Å². The van der Waals surface area contributed by atoms with E-state index in [9.17, 15) is 22.8 Å². The van der Waals surface area contributed by atoms with E-state index in [1.54, 1.807) is 11.0 Å². The number of alkyl halides is 3. The van der Waals surface area contributed by atoms with Gasteiger partial charge < -0.3 is 15.4 Å². The van der Waals surface area contributed by atoms with Crippen molar-refractivity contribution in [1.29, 1.82) is 5.26 Å². The number of ether oxygens (including phenoxy) is 1. The number of methoxy groups -OCH3 is 1. The van der Waals surface area contributed by atoms with E-state index in [1.165, 1.54) is 7.11 Å². The van der Waals surface area contributed by atoms with Gasteiger partial charge in [-0.05, 0) is 24.1 Å². The van der Waals surface area contributed by atoms with Crippen LogP contribution in [0.4, 0.5) is 32.8 Å². The van der Waals surface area contributed by atoms with Crippen molar-refractivity contribution in [3.05, 3.63) is 41.0 Å². The van der Waals surface area contributed by atoms with Crippen LogP contribution < -0.4 is 15.4 Å². The minimum atomic E-state index is -4.98. The van der Waals surface area contributed by atoms with E-state index in [2.05, 4.69) is 9.97 Å². The first-order valence-corrected chi connectivity index (χ1v) is 10.8. The van der Waals surface area contributed by atoms with Crippen LogP contribution in [0.15, 0.2) is 18.2 Å². The third-order valence-corrected chi connectivity index (χ3v) is 6.76. The van der Waals surface area contributed by atoms with Gasteiger partial charge in [0.05, 0.1) is 22.9 Å². The summed E-state index contributed by atoms with van der Waals surface area (Å²) in [6.45, 7) is 1.08. The summed E-state index contributed by atoms with van der Waals surface area (Å²) in [5, 5.41) is 9.14. The summed E-state index contributed by atoms with van der Waals surface area (Å²) >= 11 is 0.709. The lowest BCUT2D eigenvalue weighted by molar-refractivity contribution is -0.137. The molecule has 1 aliphatic heterocycles. The van der Waals surface area contributed by atoms with Gasteiger partial charge in [0.1, 0.15) is 28.2 Å². The van der Waals surface area contributed by atoms with E-state index < -0.39 is 28.9 Å². The van der Waals surface area contributed by atoms with E-state index in [1.807, 2.05) is 0 Å². The fourth-order valence-corrected chi connectivity index (χ4v) is 5.00. The Morgan fingerprint density at radius 2 is 1.94 bits per heavy atom. The first kappa shape index (κ1) is 22.1. The number of nitriles is 1. The maximum absolute atomic E-state index is 16.0. The summed E-state index contributed by atoms with van der Waals surface area (Å²) in [6.07, 6.45) is -4.17. The van der Waals surface area contributed by atoms with Gasteiger partial charge in [-0.3, -0.25) is 0 Å². The lowest BCUT2D eigenvalue weighted by atomic mass is 9.92. The molecule has 0 bridgehead atoms. The normalized spacial score (nSPS) is 13.9. The molecule has 12 heteroatoms. The number of fused-ring (bicyclic) bond motifs is 2. The highest BCUT2D eigenvalue weighted by Crippen LogP contribution is 2.48. The fourth-order valence-electron chi connectivity index (χ4n) is 4.05. The molecule has 1 aliphatic rings. The Morgan fingerprint density at radius 1 is 1.21 bits per heavy atom. The Bertz CT molecular complexity index is 1520. The van der Waals surface area contributed by atoms with E-state index in [0.29, 0.717) is 24.4 Å². The lowest BCUT2D eigenvalue weighted by Gasteiger charge is -2.33. The number of anilines is 2. The van der Waals surface area contributed by atoms with Crippen molar-refractivity contribution in [2.75, 3.05) is 30.8 Å². The molecule has 0 radical (unpaired) electrons. The molecular formula is C22H14F5N5OS. The van der Waals surface area contributed by atoms with Crippen molar-refractivity contribution < 1.29 is 26.7 Å². The molecule has 4 aromatic rings. The molecule has 0 aliphatic carbocycles. The lowest BCUT2D eigenvalue weighted by Crippen LogP contribution is -2.38. The Labute approximate surface area is 193 Å². The van der Waals surface area contributed by atoms with Crippen LogP contribution in [0.1, 0.15) is 17.5 Å². The Balaban J connectivity index is 1.95. The Kier molecular flexibility index (Phi) is 4.98. The van der Waals surface area contributed by atoms with Crippen LogP contribution in [-0.4, -0.2) is 30.2 Å². The van der Waals surface area contributed by atoms with Gasteiger partial charge in [0.25, 0.3) is 0 Å². The topological polar surface area (TPSA) is 88.1 Å². The van der Waals surface area contributed by atoms with Gasteiger partial charge in [-0.1, -0.05) is 6.07 Å². The summed E-state index contributed by atoms with van der Waals surface area (Å²) in [4.78, 5) is 9.84. The zero-order valence-electron chi connectivity index (χ0n) is 17.4. The number of rotatable bonds is 3. The first-order chi connectivity index (χ1) is 16.2.